The maximum atomic E-state index is 11.8. The quantitative estimate of drug-likeness (QED) is 0.832. The maximum Gasteiger partial charge on any atom is 0.220 e. The molecule has 1 atom stereocenters. The Bertz CT molecular complexity index is 417. The average Bonchev–Trinajstić information content (AvgIpc) is 2.56. The van der Waals surface area contributed by atoms with Crippen molar-refractivity contribution in [2.24, 2.45) is 12.8 Å². The second-order valence-electron chi connectivity index (χ2n) is 5.59. The van der Waals surface area contributed by atoms with E-state index in [0.717, 1.165) is 11.3 Å². The number of aryl methyl sites for hydroxylation is 1. The van der Waals surface area contributed by atoms with Crippen molar-refractivity contribution in [2.45, 2.75) is 52.1 Å². The van der Waals surface area contributed by atoms with Crippen molar-refractivity contribution in [1.29, 1.82) is 0 Å². The average molecular weight is 252 g/mol. The van der Waals surface area contributed by atoms with Crippen LogP contribution in [0, 0.1) is 6.92 Å². The fourth-order valence-electron chi connectivity index (χ4n) is 1.77. The highest BCUT2D eigenvalue weighted by molar-refractivity contribution is 5.76. The number of carbonyl (C=O) groups excluding carboxylic acids is 1. The first-order chi connectivity index (χ1) is 8.20. The van der Waals surface area contributed by atoms with Crippen LogP contribution in [0.4, 0.5) is 0 Å². The molecule has 0 aliphatic rings. The summed E-state index contributed by atoms with van der Waals surface area (Å²) < 4.78 is 1.81. The maximum absolute atomic E-state index is 11.8. The molecule has 3 N–H and O–H groups in total. The van der Waals surface area contributed by atoms with E-state index in [1.54, 1.807) is 10.9 Å². The molecule has 5 nitrogen and oxygen atoms in total. The normalized spacial score (nSPS) is 13.4. The molecule has 0 aliphatic carbocycles. The minimum absolute atomic E-state index is 0.0212. The topological polar surface area (TPSA) is 72.9 Å². The first kappa shape index (κ1) is 14.7. The standard InChI is InChI=1S/C13H24N4O/c1-9(11-8-15-17(5)10(11)2)16-12(18)6-7-13(3,4)14/h8-9H,6-7,14H2,1-5H3,(H,16,18). The molecule has 1 unspecified atom stereocenters. The SMILES string of the molecule is Cc1c(C(C)NC(=O)CCC(C)(C)N)cnn1C. The molecule has 1 heterocycles. The molecule has 0 aromatic carbocycles. The van der Waals surface area contributed by atoms with E-state index >= 15 is 0 Å². The Hall–Kier alpha value is -1.36. The highest BCUT2D eigenvalue weighted by Crippen LogP contribution is 2.16. The van der Waals surface area contributed by atoms with Gasteiger partial charge in [-0.15, -0.1) is 0 Å². The molecule has 1 amide bonds. The highest BCUT2D eigenvalue weighted by atomic mass is 16.1. The van der Waals surface area contributed by atoms with Gasteiger partial charge in [-0.1, -0.05) is 0 Å². The van der Waals surface area contributed by atoms with Crippen LogP contribution in [0.2, 0.25) is 0 Å². The number of nitrogens with one attached hydrogen (secondary N) is 1. The first-order valence-electron chi connectivity index (χ1n) is 6.27. The van der Waals surface area contributed by atoms with Crippen LogP contribution in [0.3, 0.4) is 0 Å². The summed E-state index contributed by atoms with van der Waals surface area (Å²) in [5.41, 5.74) is 7.68. The van der Waals surface area contributed by atoms with Gasteiger partial charge in [-0.25, -0.2) is 0 Å². The highest BCUT2D eigenvalue weighted by Gasteiger charge is 2.17. The summed E-state index contributed by atoms with van der Waals surface area (Å²) in [6.45, 7) is 7.81. The third-order valence-electron chi connectivity index (χ3n) is 3.11. The van der Waals surface area contributed by atoms with E-state index < -0.39 is 0 Å². The van der Waals surface area contributed by atoms with Crippen molar-refractivity contribution in [1.82, 2.24) is 15.1 Å². The second-order valence-corrected chi connectivity index (χ2v) is 5.59. The lowest BCUT2D eigenvalue weighted by Crippen LogP contribution is -2.35. The number of hydrogen-bond acceptors (Lipinski definition) is 3. The van der Waals surface area contributed by atoms with Crippen molar-refractivity contribution in [3.8, 4) is 0 Å². The van der Waals surface area contributed by atoms with Crippen molar-refractivity contribution < 1.29 is 4.79 Å². The third-order valence-corrected chi connectivity index (χ3v) is 3.11. The molecule has 0 aliphatic heterocycles. The van der Waals surface area contributed by atoms with Crippen LogP contribution in [-0.2, 0) is 11.8 Å². The molecule has 1 aromatic heterocycles. The van der Waals surface area contributed by atoms with Crippen LogP contribution in [0.15, 0.2) is 6.20 Å². The molecule has 0 saturated carbocycles. The van der Waals surface area contributed by atoms with Gasteiger partial charge in [-0.2, -0.15) is 5.10 Å². The monoisotopic (exact) mass is 252 g/mol. The second kappa shape index (κ2) is 5.52. The van der Waals surface area contributed by atoms with Gasteiger partial charge in [-0.3, -0.25) is 9.48 Å². The lowest BCUT2D eigenvalue weighted by atomic mass is 9.99. The number of rotatable bonds is 5. The molecule has 1 rings (SSSR count). The predicted molar refractivity (Wildman–Crippen MR) is 72.0 cm³/mol. The van der Waals surface area contributed by atoms with E-state index in [9.17, 15) is 4.79 Å². The van der Waals surface area contributed by atoms with Gasteiger partial charge in [0.1, 0.15) is 0 Å². The van der Waals surface area contributed by atoms with Gasteiger partial charge in [0, 0.05) is 30.3 Å². The van der Waals surface area contributed by atoms with Gasteiger partial charge in [0.25, 0.3) is 0 Å². The Morgan fingerprint density at radius 1 is 1.61 bits per heavy atom. The van der Waals surface area contributed by atoms with Crippen molar-refractivity contribution in [3.05, 3.63) is 17.5 Å². The van der Waals surface area contributed by atoms with Crippen LogP contribution < -0.4 is 11.1 Å². The summed E-state index contributed by atoms with van der Waals surface area (Å²) in [6.07, 6.45) is 2.93. The summed E-state index contributed by atoms with van der Waals surface area (Å²) in [6, 6.07) is -0.0212. The van der Waals surface area contributed by atoms with Gasteiger partial charge < -0.3 is 11.1 Å². The molecule has 102 valence electrons. The zero-order valence-electron chi connectivity index (χ0n) is 11.9. The number of carbonyl (C=O) groups is 1. The van der Waals surface area contributed by atoms with E-state index in [2.05, 4.69) is 10.4 Å². The number of nitrogens with two attached hydrogens (primary N) is 1. The van der Waals surface area contributed by atoms with E-state index in [0.29, 0.717) is 12.8 Å². The molecule has 0 spiro atoms. The largest absolute Gasteiger partial charge is 0.349 e. The molecule has 0 saturated heterocycles. The lowest BCUT2D eigenvalue weighted by molar-refractivity contribution is -0.122. The van der Waals surface area contributed by atoms with E-state index in [1.807, 2.05) is 34.7 Å². The number of aromatic nitrogens is 2. The van der Waals surface area contributed by atoms with Crippen molar-refractivity contribution in [3.63, 3.8) is 0 Å². The van der Waals surface area contributed by atoms with Gasteiger partial charge in [-0.05, 0) is 34.1 Å². The Morgan fingerprint density at radius 2 is 2.22 bits per heavy atom. The Morgan fingerprint density at radius 3 is 2.67 bits per heavy atom. The van der Waals surface area contributed by atoms with E-state index in [4.69, 9.17) is 5.73 Å². The Labute approximate surface area is 109 Å². The zero-order chi connectivity index (χ0) is 13.9. The zero-order valence-corrected chi connectivity index (χ0v) is 11.9. The summed E-state index contributed by atoms with van der Waals surface area (Å²) in [4.78, 5) is 11.8. The minimum atomic E-state index is -0.301. The molecule has 0 fully saturated rings. The van der Waals surface area contributed by atoms with Crippen molar-refractivity contribution >= 4 is 5.91 Å². The molecular weight excluding hydrogens is 228 g/mol. The first-order valence-corrected chi connectivity index (χ1v) is 6.27. The smallest absolute Gasteiger partial charge is 0.220 e. The van der Waals surface area contributed by atoms with Gasteiger partial charge in [0.15, 0.2) is 0 Å². The molecule has 0 radical (unpaired) electrons. The molecule has 5 heteroatoms. The number of nitrogens with zero attached hydrogens (tertiary/aromatic N) is 2. The van der Waals surface area contributed by atoms with Crippen LogP contribution in [-0.4, -0.2) is 21.2 Å². The summed E-state index contributed by atoms with van der Waals surface area (Å²) in [5, 5.41) is 7.15. The van der Waals surface area contributed by atoms with Gasteiger partial charge >= 0.3 is 0 Å². The predicted octanol–water partition coefficient (Wildman–Crippen LogP) is 1.42. The molecular formula is C13H24N4O. The van der Waals surface area contributed by atoms with E-state index in [-0.39, 0.29) is 17.5 Å². The van der Waals surface area contributed by atoms with Crippen LogP contribution in [0.25, 0.3) is 0 Å². The summed E-state index contributed by atoms with van der Waals surface area (Å²) in [5.74, 6) is 0.0317. The van der Waals surface area contributed by atoms with Crippen LogP contribution >= 0.6 is 0 Å². The Kier molecular flexibility index (Phi) is 4.51. The van der Waals surface area contributed by atoms with Crippen LogP contribution in [0.5, 0.6) is 0 Å². The molecule has 1 aromatic rings. The Balaban J connectivity index is 2.52. The van der Waals surface area contributed by atoms with Crippen LogP contribution in [0.1, 0.15) is 50.9 Å². The molecule has 18 heavy (non-hydrogen) atoms. The lowest BCUT2D eigenvalue weighted by Gasteiger charge is -2.19. The summed E-state index contributed by atoms with van der Waals surface area (Å²) in [7, 11) is 1.89. The van der Waals surface area contributed by atoms with Crippen molar-refractivity contribution in [2.75, 3.05) is 0 Å². The fourth-order valence-corrected chi connectivity index (χ4v) is 1.77. The third kappa shape index (κ3) is 4.14. The minimum Gasteiger partial charge on any atom is -0.349 e. The fraction of sp³-hybridized carbons (Fsp3) is 0.692. The number of amides is 1. The van der Waals surface area contributed by atoms with Gasteiger partial charge in [0.2, 0.25) is 5.91 Å². The number of hydrogen-bond donors (Lipinski definition) is 2. The van der Waals surface area contributed by atoms with Gasteiger partial charge in [0.05, 0.1) is 12.2 Å². The molecule has 0 bridgehead atoms. The summed E-state index contributed by atoms with van der Waals surface area (Å²) >= 11 is 0. The van der Waals surface area contributed by atoms with E-state index in [1.165, 1.54) is 0 Å².